The second-order valence-corrected chi connectivity index (χ2v) is 5.99. The number of benzene rings is 1. The number of piperidine rings is 1. The summed E-state index contributed by atoms with van der Waals surface area (Å²) >= 11 is 0. The second-order valence-electron chi connectivity index (χ2n) is 5.99. The summed E-state index contributed by atoms with van der Waals surface area (Å²) in [6.45, 7) is 8.68. The van der Waals surface area contributed by atoms with E-state index in [4.69, 9.17) is 15.9 Å². The van der Waals surface area contributed by atoms with Crippen molar-refractivity contribution < 1.29 is 4.74 Å². The zero-order valence-corrected chi connectivity index (χ0v) is 12.4. The number of nitrogen functional groups attached to an aromatic ring is 1. The van der Waals surface area contributed by atoms with E-state index in [9.17, 15) is 0 Å². The molecule has 1 aliphatic heterocycles. The molecule has 1 heterocycles. The molecule has 0 saturated carbocycles. The Balaban J connectivity index is 1.76. The normalized spacial score (nSPS) is 23.5. The third-order valence-electron chi connectivity index (χ3n) is 3.79. The van der Waals surface area contributed by atoms with Crippen LogP contribution in [0.25, 0.3) is 0 Å². The predicted octanol–water partition coefficient (Wildman–Crippen LogP) is 2.33. The smallest absolute Gasteiger partial charge is 0.122 e. The molecular formula is C16H25N3O. The van der Waals surface area contributed by atoms with Gasteiger partial charge in [-0.3, -0.25) is 10.3 Å². The first-order valence-electron chi connectivity index (χ1n) is 7.34. The monoisotopic (exact) mass is 275 g/mol. The van der Waals surface area contributed by atoms with E-state index >= 15 is 0 Å². The molecular weight excluding hydrogens is 250 g/mol. The largest absolute Gasteiger partial charge is 0.492 e. The number of hydrogen-bond donors (Lipinski definition) is 2. The van der Waals surface area contributed by atoms with Gasteiger partial charge >= 0.3 is 0 Å². The van der Waals surface area contributed by atoms with Crippen molar-refractivity contribution in [3.8, 4) is 5.75 Å². The lowest BCUT2D eigenvalue weighted by atomic mass is 9.92. The van der Waals surface area contributed by atoms with E-state index in [-0.39, 0.29) is 5.84 Å². The first-order chi connectivity index (χ1) is 9.54. The van der Waals surface area contributed by atoms with E-state index in [1.807, 2.05) is 24.3 Å². The Bertz CT molecular complexity index is 434. The minimum atomic E-state index is 0.0906. The van der Waals surface area contributed by atoms with Gasteiger partial charge in [-0.2, -0.15) is 0 Å². The van der Waals surface area contributed by atoms with Crippen LogP contribution in [-0.4, -0.2) is 37.0 Å². The van der Waals surface area contributed by atoms with Gasteiger partial charge in [0.15, 0.2) is 0 Å². The second kappa shape index (κ2) is 6.75. The van der Waals surface area contributed by atoms with Crippen LogP contribution >= 0.6 is 0 Å². The summed E-state index contributed by atoms with van der Waals surface area (Å²) in [6, 6.07) is 7.39. The van der Waals surface area contributed by atoms with Crippen molar-refractivity contribution in [1.29, 1.82) is 5.41 Å². The van der Waals surface area contributed by atoms with Gasteiger partial charge in [0.05, 0.1) is 0 Å². The molecule has 0 aromatic heterocycles. The maximum Gasteiger partial charge on any atom is 0.122 e. The molecule has 2 rings (SSSR count). The van der Waals surface area contributed by atoms with Crippen molar-refractivity contribution in [2.24, 2.45) is 17.6 Å². The lowest BCUT2D eigenvalue weighted by Crippen LogP contribution is -2.40. The molecule has 0 amide bonds. The first kappa shape index (κ1) is 14.9. The molecule has 1 aliphatic rings. The summed E-state index contributed by atoms with van der Waals surface area (Å²) in [4.78, 5) is 2.49. The van der Waals surface area contributed by atoms with Gasteiger partial charge in [0, 0.05) is 25.2 Å². The van der Waals surface area contributed by atoms with Crippen molar-refractivity contribution in [2.45, 2.75) is 20.3 Å². The molecule has 1 aromatic rings. The van der Waals surface area contributed by atoms with Crippen molar-refractivity contribution in [1.82, 2.24) is 4.90 Å². The summed E-state index contributed by atoms with van der Waals surface area (Å²) in [5.74, 6) is 2.50. The zero-order chi connectivity index (χ0) is 14.5. The van der Waals surface area contributed by atoms with Gasteiger partial charge in [0.25, 0.3) is 0 Å². The number of nitrogens with zero attached hydrogens (tertiary/aromatic N) is 1. The van der Waals surface area contributed by atoms with Crippen LogP contribution in [0.15, 0.2) is 24.3 Å². The van der Waals surface area contributed by atoms with Crippen molar-refractivity contribution in [3.05, 3.63) is 29.8 Å². The Labute approximate surface area is 121 Å². The molecule has 2 atom stereocenters. The van der Waals surface area contributed by atoms with Crippen LogP contribution in [-0.2, 0) is 0 Å². The van der Waals surface area contributed by atoms with E-state index < -0.39 is 0 Å². The molecule has 110 valence electrons. The fraction of sp³-hybridized carbons (Fsp3) is 0.562. The summed E-state index contributed by atoms with van der Waals surface area (Å²) in [5.41, 5.74) is 6.16. The fourth-order valence-corrected chi connectivity index (χ4v) is 3.00. The predicted molar refractivity (Wildman–Crippen MR) is 82.3 cm³/mol. The standard InChI is InChI=1S/C16H25N3O/c1-12-9-13(2)11-19(10-12)7-8-20-15-5-3-14(4-6-15)16(17)18/h3-6,12-13H,7-11H2,1-2H3,(H3,17,18). The quantitative estimate of drug-likeness (QED) is 0.640. The molecule has 0 aliphatic carbocycles. The Morgan fingerprint density at radius 3 is 2.40 bits per heavy atom. The molecule has 2 unspecified atom stereocenters. The molecule has 0 spiro atoms. The highest BCUT2D eigenvalue weighted by molar-refractivity contribution is 5.94. The minimum absolute atomic E-state index is 0.0906. The Morgan fingerprint density at radius 2 is 1.85 bits per heavy atom. The van der Waals surface area contributed by atoms with Gasteiger partial charge in [-0.25, -0.2) is 0 Å². The van der Waals surface area contributed by atoms with E-state index in [0.717, 1.165) is 29.7 Å². The van der Waals surface area contributed by atoms with Gasteiger partial charge in [0.2, 0.25) is 0 Å². The van der Waals surface area contributed by atoms with Crippen molar-refractivity contribution in [2.75, 3.05) is 26.2 Å². The van der Waals surface area contributed by atoms with E-state index in [1.54, 1.807) is 0 Å². The number of likely N-dealkylation sites (tertiary alicyclic amines) is 1. The van der Waals surface area contributed by atoms with Crippen molar-refractivity contribution >= 4 is 5.84 Å². The maximum atomic E-state index is 7.35. The average molecular weight is 275 g/mol. The highest BCUT2D eigenvalue weighted by atomic mass is 16.5. The molecule has 0 bridgehead atoms. The summed E-state index contributed by atoms with van der Waals surface area (Å²) in [5, 5.41) is 7.35. The van der Waals surface area contributed by atoms with Crippen LogP contribution in [0, 0.1) is 17.2 Å². The van der Waals surface area contributed by atoms with Crippen LogP contribution in [0.1, 0.15) is 25.8 Å². The molecule has 4 nitrogen and oxygen atoms in total. The Morgan fingerprint density at radius 1 is 1.25 bits per heavy atom. The van der Waals surface area contributed by atoms with E-state index in [1.165, 1.54) is 19.5 Å². The van der Waals surface area contributed by atoms with Crippen molar-refractivity contribution in [3.63, 3.8) is 0 Å². The van der Waals surface area contributed by atoms with Crippen LogP contribution in [0.3, 0.4) is 0 Å². The Kier molecular flexibility index (Phi) is 5.01. The molecule has 1 saturated heterocycles. The van der Waals surface area contributed by atoms with Gasteiger partial charge in [-0.15, -0.1) is 0 Å². The first-order valence-corrected chi connectivity index (χ1v) is 7.34. The summed E-state index contributed by atoms with van der Waals surface area (Å²) < 4.78 is 5.76. The molecule has 0 radical (unpaired) electrons. The third-order valence-corrected chi connectivity index (χ3v) is 3.79. The van der Waals surface area contributed by atoms with Gasteiger partial charge in [-0.05, 0) is 42.5 Å². The lowest BCUT2D eigenvalue weighted by Gasteiger charge is -2.34. The third kappa shape index (κ3) is 4.23. The average Bonchev–Trinajstić information content (AvgIpc) is 2.38. The SMILES string of the molecule is CC1CC(C)CN(CCOc2ccc(C(=N)N)cc2)C1. The number of amidine groups is 1. The number of nitrogens with one attached hydrogen (secondary N) is 1. The van der Waals surface area contributed by atoms with Gasteiger partial charge in [0.1, 0.15) is 18.2 Å². The highest BCUT2D eigenvalue weighted by Crippen LogP contribution is 2.20. The van der Waals surface area contributed by atoms with Crippen LogP contribution in [0.2, 0.25) is 0 Å². The van der Waals surface area contributed by atoms with Crippen LogP contribution in [0.4, 0.5) is 0 Å². The molecule has 20 heavy (non-hydrogen) atoms. The van der Waals surface area contributed by atoms with E-state index in [0.29, 0.717) is 6.61 Å². The minimum Gasteiger partial charge on any atom is -0.492 e. The summed E-state index contributed by atoms with van der Waals surface area (Å²) in [7, 11) is 0. The summed E-state index contributed by atoms with van der Waals surface area (Å²) in [6.07, 6.45) is 1.34. The maximum absolute atomic E-state index is 7.35. The van der Waals surface area contributed by atoms with Gasteiger partial charge < -0.3 is 10.5 Å². The molecule has 1 fully saturated rings. The molecule has 4 heteroatoms. The number of rotatable bonds is 5. The van der Waals surface area contributed by atoms with Crippen LogP contribution < -0.4 is 10.5 Å². The Hall–Kier alpha value is -1.55. The fourth-order valence-electron chi connectivity index (χ4n) is 3.00. The topological polar surface area (TPSA) is 62.3 Å². The lowest BCUT2D eigenvalue weighted by molar-refractivity contribution is 0.120. The highest BCUT2D eigenvalue weighted by Gasteiger charge is 2.21. The number of hydrogen-bond acceptors (Lipinski definition) is 3. The molecule has 3 N–H and O–H groups in total. The van der Waals surface area contributed by atoms with Crippen LogP contribution in [0.5, 0.6) is 5.75 Å². The number of ether oxygens (including phenoxy) is 1. The molecule has 1 aromatic carbocycles. The van der Waals surface area contributed by atoms with Gasteiger partial charge in [-0.1, -0.05) is 13.8 Å². The number of nitrogens with two attached hydrogens (primary N) is 1. The zero-order valence-electron chi connectivity index (χ0n) is 12.4. The van der Waals surface area contributed by atoms with E-state index in [2.05, 4.69) is 18.7 Å².